The third kappa shape index (κ3) is 2.91. The summed E-state index contributed by atoms with van der Waals surface area (Å²) < 4.78 is 5.43. The number of hydrogen-bond donors (Lipinski definition) is 1. The summed E-state index contributed by atoms with van der Waals surface area (Å²) in [6, 6.07) is 3.69. The van der Waals surface area contributed by atoms with Gasteiger partial charge in [0.2, 0.25) is 0 Å². The van der Waals surface area contributed by atoms with Gasteiger partial charge in [-0.3, -0.25) is 9.69 Å². The summed E-state index contributed by atoms with van der Waals surface area (Å²) >= 11 is 1.49. The van der Waals surface area contributed by atoms with Gasteiger partial charge < -0.3 is 9.40 Å². The highest BCUT2D eigenvalue weighted by Gasteiger charge is 2.23. The minimum atomic E-state index is -0.0826. The molecule has 3 aromatic rings. The van der Waals surface area contributed by atoms with Gasteiger partial charge in [-0.05, 0) is 30.4 Å². The molecule has 1 aliphatic heterocycles. The molecule has 126 valence electrons. The summed E-state index contributed by atoms with van der Waals surface area (Å²) in [5.74, 6) is 2.84. The number of furan rings is 1. The molecule has 4 rings (SSSR count). The zero-order chi connectivity index (χ0) is 16.7. The smallest absolute Gasteiger partial charge is 0.260 e. The van der Waals surface area contributed by atoms with Gasteiger partial charge in [-0.15, -0.1) is 11.3 Å². The van der Waals surface area contributed by atoms with Crippen molar-refractivity contribution in [3.63, 3.8) is 0 Å². The SMILES string of the molecule is CC1CC(C)CN(Cc2nc3scc(-c4ccco4)c3c(=O)[nH]2)C1. The third-order valence-electron chi connectivity index (χ3n) is 4.60. The fourth-order valence-electron chi connectivity index (χ4n) is 3.81. The predicted octanol–water partition coefficient (Wildman–Crippen LogP) is 3.72. The topological polar surface area (TPSA) is 62.1 Å². The number of nitrogens with one attached hydrogen (secondary N) is 1. The number of nitrogens with zero attached hydrogens (tertiary/aromatic N) is 2. The summed E-state index contributed by atoms with van der Waals surface area (Å²) in [5.41, 5.74) is 0.737. The second kappa shape index (κ2) is 6.18. The van der Waals surface area contributed by atoms with Crippen molar-refractivity contribution in [1.82, 2.24) is 14.9 Å². The zero-order valence-corrected chi connectivity index (χ0v) is 14.7. The largest absolute Gasteiger partial charge is 0.464 e. The minimum absolute atomic E-state index is 0.0826. The fraction of sp³-hybridized carbons (Fsp3) is 0.444. The third-order valence-corrected chi connectivity index (χ3v) is 5.47. The second-order valence-corrected chi connectivity index (χ2v) is 7.82. The van der Waals surface area contributed by atoms with Crippen LogP contribution < -0.4 is 5.56 Å². The quantitative estimate of drug-likeness (QED) is 0.787. The Kier molecular flexibility index (Phi) is 4.02. The molecule has 3 aromatic heterocycles. The van der Waals surface area contributed by atoms with Gasteiger partial charge in [-0.2, -0.15) is 0 Å². The molecule has 0 aromatic carbocycles. The Bertz CT molecular complexity index is 887. The normalized spacial score (nSPS) is 22.2. The predicted molar refractivity (Wildman–Crippen MR) is 96.2 cm³/mol. The molecule has 0 amide bonds. The lowest BCUT2D eigenvalue weighted by Gasteiger charge is -2.34. The van der Waals surface area contributed by atoms with Crippen molar-refractivity contribution < 1.29 is 4.42 Å². The molecule has 1 fully saturated rings. The van der Waals surface area contributed by atoms with Crippen LogP contribution in [0.2, 0.25) is 0 Å². The van der Waals surface area contributed by atoms with Crippen molar-refractivity contribution in [3.05, 3.63) is 40.0 Å². The molecule has 0 spiro atoms. The van der Waals surface area contributed by atoms with E-state index in [1.54, 1.807) is 6.26 Å². The molecule has 0 aliphatic carbocycles. The number of H-pyrrole nitrogens is 1. The van der Waals surface area contributed by atoms with E-state index in [0.717, 1.165) is 29.3 Å². The molecule has 1 aliphatic rings. The van der Waals surface area contributed by atoms with Crippen LogP contribution in [0.4, 0.5) is 0 Å². The number of aromatic nitrogens is 2. The molecule has 24 heavy (non-hydrogen) atoms. The van der Waals surface area contributed by atoms with Crippen LogP contribution in [0.25, 0.3) is 21.5 Å². The van der Waals surface area contributed by atoms with E-state index in [4.69, 9.17) is 9.40 Å². The van der Waals surface area contributed by atoms with Crippen LogP contribution in [0, 0.1) is 11.8 Å². The van der Waals surface area contributed by atoms with E-state index in [1.807, 2.05) is 17.5 Å². The van der Waals surface area contributed by atoms with Gasteiger partial charge in [0.15, 0.2) is 0 Å². The second-order valence-electron chi connectivity index (χ2n) is 6.96. The molecule has 1 saturated heterocycles. The maximum atomic E-state index is 12.6. The van der Waals surface area contributed by atoms with Crippen molar-refractivity contribution in [1.29, 1.82) is 0 Å². The monoisotopic (exact) mass is 343 g/mol. The highest BCUT2D eigenvalue weighted by molar-refractivity contribution is 7.17. The summed E-state index contributed by atoms with van der Waals surface area (Å²) in [6.45, 7) is 7.41. The number of hydrogen-bond acceptors (Lipinski definition) is 5. The summed E-state index contributed by atoms with van der Waals surface area (Å²) in [4.78, 5) is 23.4. The lowest BCUT2D eigenvalue weighted by molar-refractivity contribution is 0.131. The van der Waals surface area contributed by atoms with Gasteiger partial charge in [-0.1, -0.05) is 13.8 Å². The van der Waals surface area contributed by atoms with Gasteiger partial charge in [-0.25, -0.2) is 4.98 Å². The van der Waals surface area contributed by atoms with E-state index in [2.05, 4.69) is 23.7 Å². The van der Waals surface area contributed by atoms with E-state index < -0.39 is 0 Å². The average molecular weight is 343 g/mol. The van der Waals surface area contributed by atoms with Crippen LogP contribution in [0.1, 0.15) is 26.1 Å². The van der Waals surface area contributed by atoms with Crippen LogP contribution in [-0.4, -0.2) is 28.0 Å². The Balaban J connectivity index is 1.65. The Morgan fingerprint density at radius 1 is 1.38 bits per heavy atom. The summed E-state index contributed by atoms with van der Waals surface area (Å²) in [7, 11) is 0. The molecule has 2 unspecified atom stereocenters. The maximum Gasteiger partial charge on any atom is 0.260 e. The van der Waals surface area contributed by atoms with Crippen molar-refractivity contribution in [2.75, 3.05) is 13.1 Å². The van der Waals surface area contributed by atoms with Crippen LogP contribution in [0.3, 0.4) is 0 Å². The highest BCUT2D eigenvalue weighted by atomic mass is 32.1. The highest BCUT2D eigenvalue weighted by Crippen LogP contribution is 2.31. The molecule has 2 atom stereocenters. The molecule has 5 nitrogen and oxygen atoms in total. The molecule has 6 heteroatoms. The van der Waals surface area contributed by atoms with Crippen LogP contribution in [0.5, 0.6) is 0 Å². The molecular formula is C18H21N3O2S. The standard InChI is InChI=1S/C18H21N3O2S/c1-11-6-12(2)8-21(7-11)9-15-19-17(22)16-13(10-24-18(16)20-15)14-4-3-5-23-14/h3-5,10-12H,6-9H2,1-2H3,(H,19,20,22). The summed E-state index contributed by atoms with van der Waals surface area (Å²) in [6.07, 6.45) is 2.89. The Morgan fingerprint density at radius 2 is 2.17 bits per heavy atom. The van der Waals surface area contributed by atoms with E-state index in [9.17, 15) is 4.79 Å². The molecule has 1 N–H and O–H groups in total. The van der Waals surface area contributed by atoms with Crippen molar-refractivity contribution in [3.8, 4) is 11.3 Å². The maximum absolute atomic E-state index is 12.6. The van der Waals surface area contributed by atoms with Gasteiger partial charge >= 0.3 is 0 Å². The van der Waals surface area contributed by atoms with Crippen molar-refractivity contribution in [2.45, 2.75) is 26.8 Å². The number of aromatic amines is 1. The Labute approximate surface area is 144 Å². The molecule has 4 heterocycles. The van der Waals surface area contributed by atoms with E-state index in [-0.39, 0.29) is 5.56 Å². The van der Waals surface area contributed by atoms with Gasteiger partial charge in [0.25, 0.3) is 5.56 Å². The van der Waals surface area contributed by atoms with Gasteiger partial charge in [0, 0.05) is 24.0 Å². The first-order chi connectivity index (χ1) is 11.6. The number of likely N-dealkylation sites (tertiary alicyclic amines) is 1. The lowest BCUT2D eigenvalue weighted by Crippen LogP contribution is -2.38. The van der Waals surface area contributed by atoms with Crippen molar-refractivity contribution >= 4 is 21.6 Å². The molecule has 0 radical (unpaired) electrons. The lowest BCUT2D eigenvalue weighted by atomic mass is 9.92. The number of fused-ring (bicyclic) bond motifs is 1. The van der Waals surface area contributed by atoms with Gasteiger partial charge in [0.05, 0.1) is 18.2 Å². The molecular weight excluding hydrogens is 322 g/mol. The molecule has 0 bridgehead atoms. The minimum Gasteiger partial charge on any atom is -0.464 e. The first kappa shape index (κ1) is 15.6. The number of rotatable bonds is 3. The van der Waals surface area contributed by atoms with E-state index in [0.29, 0.717) is 29.5 Å². The number of thiophene rings is 1. The fourth-order valence-corrected chi connectivity index (χ4v) is 4.76. The first-order valence-electron chi connectivity index (χ1n) is 8.36. The Morgan fingerprint density at radius 3 is 2.88 bits per heavy atom. The van der Waals surface area contributed by atoms with Crippen LogP contribution in [-0.2, 0) is 6.54 Å². The number of piperidine rings is 1. The average Bonchev–Trinajstić information content (AvgIpc) is 3.14. The van der Waals surface area contributed by atoms with Crippen LogP contribution >= 0.6 is 11.3 Å². The summed E-state index contributed by atoms with van der Waals surface area (Å²) in [5, 5.41) is 2.57. The molecule has 0 saturated carbocycles. The zero-order valence-electron chi connectivity index (χ0n) is 13.9. The van der Waals surface area contributed by atoms with E-state index >= 15 is 0 Å². The Hall–Kier alpha value is -1.92. The van der Waals surface area contributed by atoms with Crippen LogP contribution in [0.15, 0.2) is 33.0 Å². The van der Waals surface area contributed by atoms with E-state index in [1.165, 1.54) is 17.8 Å². The van der Waals surface area contributed by atoms with Gasteiger partial charge in [0.1, 0.15) is 16.4 Å². The first-order valence-corrected chi connectivity index (χ1v) is 9.24. The van der Waals surface area contributed by atoms with Crippen molar-refractivity contribution in [2.24, 2.45) is 11.8 Å².